The summed E-state index contributed by atoms with van der Waals surface area (Å²) in [5, 5.41) is 0. The fourth-order valence-corrected chi connectivity index (χ4v) is 0.930. The molecule has 0 saturated carbocycles. The molecule has 3 N–H and O–H groups in total. The van der Waals surface area contributed by atoms with Crippen molar-refractivity contribution < 1.29 is 4.74 Å². The van der Waals surface area contributed by atoms with Crippen molar-refractivity contribution in [3.63, 3.8) is 0 Å². The smallest absolute Gasteiger partial charge is 0.139 e. The van der Waals surface area contributed by atoms with Crippen LogP contribution in [0.1, 0.15) is 18.9 Å². The average Bonchev–Trinajstić information content (AvgIpc) is 2.19. The number of aromatic nitrogens is 1. The standard InChI is InChI=1S/C9H15N3O/c1-2-5-13-7-8-3-4-9(12-10)11-6-8/h3-4,6H,2,5,7,10H2,1H3,(H,11,12). The summed E-state index contributed by atoms with van der Waals surface area (Å²) in [6, 6.07) is 3.77. The highest BCUT2D eigenvalue weighted by atomic mass is 16.5. The van der Waals surface area contributed by atoms with E-state index in [4.69, 9.17) is 10.6 Å². The van der Waals surface area contributed by atoms with Crippen LogP contribution >= 0.6 is 0 Å². The highest BCUT2D eigenvalue weighted by Crippen LogP contribution is 2.04. The number of nitrogens with zero attached hydrogens (tertiary/aromatic N) is 1. The number of anilines is 1. The van der Waals surface area contributed by atoms with Crippen molar-refractivity contribution in [2.45, 2.75) is 20.0 Å². The Hall–Kier alpha value is -1.13. The number of hydrazine groups is 1. The first kappa shape index (κ1) is 9.95. The summed E-state index contributed by atoms with van der Waals surface area (Å²) in [6.45, 7) is 3.49. The van der Waals surface area contributed by atoms with Gasteiger partial charge in [-0.05, 0) is 18.1 Å². The molecular weight excluding hydrogens is 166 g/mol. The van der Waals surface area contributed by atoms with Gasteiger partial charge in [0.2, 0.25) is 0 Å². The van der Waals surface area contributed by atoms with Gasteiger partial charge in [-0.2, -0.15) is 0 Å². The van der Waals surface area contributed by atoms with E-state index < -0.39 is 0 Å². The normalized spacial score (nSPS) is 10.0. The molecule has 0 aliphatic rings. The number of nitrogens with two attached hydrogens (primary N) is 1. The number of ether oxygens (including phenoxy) is 1. The van der Waals surface area contributed by atoms with Gasteiger partial charge in [0.05, 0.1) is 6.61 Å². The molecule has 1 aromatic rings. The number of hydrogen-bond donors (Lipinski definition) is 2. The molecule has 0 bridgehead atoms. The fourth-order valence-electron chi connectivity index (χ4n) is 0.930. The summed E-state index contributed by atoms with van der Waals surface area (Å²) in [6.07, 6.45) is 2.79. The van der Waals surface area contributed by atoms with E-state index in [1.807, 2.05) is 12.1 Å². The van der Waals surface area contributed by atoms with Crippen LogP contribution in [0.3, 0.4) is 0 Å². The van der Waals surface area contributed by atoms with Gasteiger partial charge in [0.15, 0.2) is 0 Å². The first-order valence-corrected chi connectivity index (χ1v) is 4.36. The van der Waals surface area contributed by atoms with Crippen LogP contribution in [0.25, 0.3) is 0 Å². The molecule has 0 aliphatic carbocycles. The fraction of sp³-hybridized carbons (Fsp3) is 0.444. The molecular formula is C9H15N3O. The highest BCUT2D eigenvalue weighted by Gasteiger charge is 1.93. The van der Waals surface area contributed by atoms with E-state index in [2.05, 4.69) is 17.3 Å². The van der Waals surface area contributed by atoms with E-state index in [1.54, 1.807) is 6.20 Å². The Morgan fingerprint density at radius 1 is 1.54 bits per heavy atom. The molecule has 1 rings (SSSR count). The quantitative estimate of drug-likeness (QED) is 0.408. The summed E-state index contributed by atoms with van der Waals surface area (Å²) in [5.74, 6) is 5.84. The van der Waals surface area contributed by atoms with E-state index in [0.717, 1.165) is 18.6 Å². The van der Waals surface area contributed by atoms with Crippen molar-refractivity contribution in [3.05, 3.63) is 23.9 Å². The molecule has 0 spiro atoms. The van der Waals surface area contributed by atoms with Crippen molar-refractivity contribution in [2.24, 2.45) is 5.84 Å². The summed E-state index contributed by atoms with van der Waals surface area (Å²) in [4.78, 5) is 4.06. The molecule has 0 aliphatic heterocycles. The van der Waals surface area contributed by atoms with Gasteiger partial charge in [0.1, 0.15) is 5.82 Å². The number of pyridine rings is 1. The lowest BCUT2D eigenvalue weighted by molar-refractivity contribution is 0.121. The molecule has 0 saturated heterocycles. The van der Waals surface area contributed by atoms with E-state index in [-0.39, 0.29) is 0 Å². The third kappa shape index (κ3) is 3.40. The van der Waals surface area contributed by atoms with Gasteiger partial charge in [0.25, 0.3) is 0 Å². The van der Waals surface area contributed by atoms with Crippen LogP contribution in [-0.2, 0) is 11.3 Å². The van der Waals surface area contributed by atoms with E-state index in [9.17, 15) is 0 Å². The largest absolute Gasteiger partial charge is 0.377 e. The minimum Gasteiger partial charge on any atom is -0.377 e. The van der Waals surface area contributed by atoms with Crippen molar-refractivity contribution in [2.75, 3.05) is 12.0 Å². The molecule has 0 amide bonds. The van der Waals surface area contributed by atoms with Crippen molar-refractivity contribution in [1.82, 2.24) is 4.98 Å². The van der Waals surface area contributed by atoms with Crippen LogP contribution in [0.4, 0.5) is 5.82 Å². The molecule has 0 unspecified atom stereocenters. The van der Waals surface area contributed by atoms with Gasteiger partial charge < -0.3 is 10.2 Å². The van der Waals surface area contributed by atoms with Gasteiger partial charge >= 0.3 is 0 Å². The van der Waals surface area contributed by atoms with Crippen molar-refractivity contribution in [1.29, 1.82) is 0 Å². The Balaban J connectivity index is 2.40. The van der Waals surface area contributed by atoms with Crippen LogP contribution < -0.4 is 11.3 Å². The van der Waals surface area contributed by atoms with Crippen LogP contribution in [-0.4, -0.2) is 11.6 Å². The Kier molecular flexibility index (Phi) is 4.21. The zero-order valence-corrected chi connectivity index (χ0v) is 7.79. The Morgan fingerprint density at radius 3 is 2.92 bits per heavy atom. The van der Waals surface area contributed by atoms with Crippen molar-refractivity contribution >= 4 is 5.82 Å². The van der Waals surface area contributed by atoms with Crippen LogP contribution in [0.5, 0.6) is 0 Å². The number of nitrogen functional groups attached to an aromatic ring is 1. The molecule has 72 valence electrons. The second-order valence-electron chi connectivity index (χ2n) is 2.75. The maximum atomic E-state index is 5.35. The van der Waals surface area contributed by atoms with Crippen LogP contribution in [0.15, 0.2) is 18.3 Å². The third-order valence-electron chi connectivity index (χ3n) is 1.59. The summed E-state index contributed by atoms with van der Waals surface area (Å²) in [7, 11) is 0. The Bertz CT molecular complexity index is 235. The minimum absolute atomic E-state index is 0.617. The maximum Gasteiger partial charge on any atom is 0.139 e. The van der Waals surface area contributed by atoms with Crippen LogP contribution in [0.2, 0.25) is 0 Å². The minimum atomic E-state index is 0.617. The SMILES string of the molecule is CCCOCc1ccc(NN)nc1. The zero-order chi connectivity index (χ0) is 9.52. The Morgan fingerprint density at radius 2 is 2.38 bits per heavy atom. The highest BCUT2D eigenvalue weighted by molar-refractivity contribution is 5.33. The number of rotatable bonds is 5. The molecule has 0 fully saturated rings. The number of hydrogen-bond acceptors (Lipinski definition) is 4. The summed E-state index contributed by atoms with van der Waals surface area (Å²) >= 11 is 0. The second-order valence-corrected chi connectivity index (χ2v) is 2.75. The second kappa shape index (κ2) is 5.50. The third-order valence-corrected chi connectivity index (χ3v) is 1.59. The molecule has 1 aromatic heterocycles. The lowest BCUT2D eigenvalue weighted by atomic mass is 10.3. The zero-order valence-electron chi connectivity index (χ0n) is 7.79. The maximum absolute atomic E-state index is 5.35. The summed E-state index contributed by atoms with van der Waals surface area (Å²) < 4.78 is 5.35. The first-order valence-electron chi connectivity index (χ1n) is 4.36. The first-order chi connectivity index (χ1) is 6.36. The topological polar surface area (TPSA) is 60.2 Å². The van der Waals surface area contributed by atoms with Crippen LogP contribution in [0, 0.1) is 0 Å². The lowest BCUT2D eigenvalue weighted by Crippen LogP contribution is -2.08. The van der Waals surface area contributed by atoms with E-state index >= 15 is 0 Å². The molecule has 0 radical (unpaired) electrons. The van der Waals surface area contributed by atoms with E-state index in [1.165, 1.54) is 0 Å². The van der Waals surface area contributed by atoms with Crippen molar-refractivity contribution in [3.8, 4) is 0 Å². The molecule has 13 heavy (non-hydrogen) atoms. The van der Waals surface area contributed by atoms with Gasteiger partial charge in [0, 0.05) is 12.8 Å². The molecule has 4 nitrogen and oxygen atoms in total. The lowest BCUT2D eigenvalue weighted by Gasteiger charge is -2.03. The number of nitrogens with one attached hydrogen (secondary N) is 1. The predicted molar refractivity (Wildman–Crippen MR) is 52.0 cm³/mol. The molecule has 1 heterocycles. The van der Waals surface area contributed by atoms with E-state index in [0.29, 0.717) is 12.4 Å². The predicted octanol–water partition coefficient (Wildman–Crippen LogP) is 1.29. The Labute approximate surface area is 78.1 Å². The summed E-state index contributed by atoms with van der Waals surface area (Å²) in [5.41, 5.74) is 3.53. The van der Waals surface area contributed by atoms with Gasteiger partial charge in [-0.1, -0.05) is 13.0 Å². The average molecular weight is 181 g/mol. The van der Waals surface area contributed by atoms with Gasteiger partial charge in [-0.15, -0.1) is 0 Å². The molecule has 4 heteroatoms. The van der Waals surface area contributed by atoms with Gasteiger partial charge in [-0.25, -0.2) is 10.8 Å². The molecule has 0 atom stereocenters. The molecule has 0 aromatic carbocycles. The van der Waals surface area contributed by atoms with Gasteiger partial charge in [-0.3, -0.25) is 0 Å². The monoisotopic (exact) mass is 181 g/mol.